The molecule has 4 unspecified atom stereocenters. The van der Waals surface area contributed by atoms with Crippen molar-refractivity contribution in [1.29, 1.82) is 0 Å². The van der Waals surface area contributed by atoms with Gasteiger partial charge < -0.3 is 53.3 Å². The number of carboxylic acids is 1. The summed E-state index contributed by atoms with van der Waals surface area (Å²) in [5, 5.41) is 22.0. The van der Waals surface area contributed by atoms with Gasteiger partial charge in [0.05, 0.1) is 56.2 Å². The Hall–Kier alpha value is -8.24. The van der Waals surface area contributed by atoms with Crippen LogP contribution in [0.5, 0.6) is 11.5 Å². The third-order valence-electron chi connectivity index (χ3n) is 20.9. The van der Waals surface area contributed by atoms with Gasteiger partial charge in [-0.05, 0) is 201 Å². The predicted molar refractivity (Wildman–Crippen MR) is 399 cm³/mol. The van der Waals surface area contributed by atoms with Crippen molar-refractivity contribution in [3.05, 3.63) is 106 Å². The lowest BCUT2D eigenvalue weighted by molar-refractivity contribution is -0.148. The molecule has 4 atom stereocenters. The van der Waals surface area contributed by atoms with Crippen molar-refractivity contribution >= 4 is 78.2 Å². The maximum absolute atomic E-state index is 13.6. The number of alkyl carbamates (subject to hydrolysis) is 2. The van der Waals surface area contributed by atoms with E-state index in [2.05, 4.69) is 42.7 Å². The number of esters is 2. The van der Waals surface area contributed by atoms with Crippen LogP contribution in [0.4, 0.5) is 9.59 Å². The normalized spacial score (nSPS) is 19.7. The van der Waals surface area contributed by atoms with Gasteiger partial charge >= 0.3 is 40.3 Å². The lowest BCUT2D eigenvalue weighted by atomic mass is 9.81. The molecule has 4 heterocycles. The van der Waals surface area contributed by atoms with E-state index in [0.29, 0.717) is 76.7 Å². The quantitative estimate of drug-likeness (QED) is 0.0254. The number of nitrogens with one attached hydrogen (secondary N) is 3. The Bertz CT molecular complexity index is 4430. The number of hydrogen-bond acceptors (Lipinski definition) is 16. The van der Waals surface area contributed by atoms with Crippen LogP contribution in [0.2, 0.25) is 0 Å². The molecule has 2 aromatic heterocycles. The smallest absolute Gasteiger partial charge is 0.407 e. The maximum atomic E-state index is 13.6. The molecular formula is C77H106N8O17S2. The molecule has 4 aromatic carbocycles. The van der Waals surface area contributed by atoms with Crippen molar-refractivity contribution in [2.75, 3.05) is 68.7 Å². The standard InChI is InChI=1S/C38H50N4O8S.C28H29NO5.C10H23N3O4S.CH4/c1-37(2,3)50-36(45)39-18-10-11-19-41(4)51(46,47)40-34(43)25-14-16-28-31(20-25)42-23-38(35(44)49-6)22-30(38)29-21-26(48-5)15-17-27(29)33(42)32(28)24-12-8-7-9-13-24;1-33-18-9-11-19-21(13-18)22-14-28(22,27(32)34-2)15-29-23-12-17(26(30)31)8-10-20(23)24(25(19)29)16-6-4-3-5-7-16;1-10(2,3)17-9(14)12-7-5-6-8-13(4)18(11,15)16;/h14-17,20-21,24,30H,7-13,18-19,22-23H2,1-6H3,(H,39,45)(H,40,43);8-13,16,22H,3-7,14-15H2,1-2H3,(H,30,31);5-8H2,1-4H3,(H,12,14)(H2,11,15,16);1H4. The number of carboxylic acid groups (broad SMARTS) is 1. The number of fused-ring (bicyclic) bond motifs is 14. The second kappa shape index (κ2) is 32.2. The van der Waals surface area contributed by atoms with E-state index < -0.39 is 66.5 Å². The molecule has 2 aliphatic heterocycles. The van der Waals surface area contributed by atoms with Crippen LogP contribution in [0.15, 0.2) is 72.8 Å². The van der Waals surface area contributed by atoms with Crippen LogP contribution in [0.1, 0.15) is 218 Å². The number of rotatable bonds is 21. The molecule has 4 saturated carbocycles. The average Bonchev–Trinajstić information content (AvgIpc) is 1.53. The van der Waals surface area contributed by atoms with Crippen molar-refractivity contribution in [1.82, 2.24) is 33.1 Å². The summed E-state index contributed by atoms with van der Waals surface area (Å²) in [6, 6.07) is 23.1. The summed E-state index contributed by atoms with van der Waals surface area (Å²) in [7, 11) is 1.24. The van der Waals surface area contributed by atoms with Gasteiger partial charge in [-0.1, -0.05) is 58.1 Å². The molecule has 0 saturated heterocycles. The van der Waals surface area contributed by atoms with Gasteiger partial charge in [-0.2, -0.15) is 25.4 Å². The highest BCUT2D eigenvalue weighted by Crippen LogP contribution is 2.67. The largest absolute Gasteiger partial charge is 0.497 e. The van der Waals surface area contributed by atoms with Crippen LogP contribution in [-0.4, -0.2) is 156 Å². The molecule has 4 fully saturated rings. The monoisotopic (exact) mass is 1480 g/mol. The van der Waals surface area contributed by atoms with E-state index in [0.717, 1.165) is 121 Å². The highest BCUT2D eigenvalue weighted by Gasteiger charge is 2.65. The fourth-order valence-electron chi connectivity index (χ4n) is 15.6. The third-order valence-corrected chi connectivity index (χ3v) is 23.4. The van der Waals surface area contributed by atoms with Crippen molar-refractivity contribution in [2.45, 2.75) is 200 Å². The Morgan fingerprint density at radius 1 is 0.567 bits per heavy atom. The van der Waals surface area contributed by atoms with Gasteiger partial charge in [-0.15, -0.1) is 0 Å². The van der Waals surface area contributed by atoms with Gasteiger partial charge in [0.1, 0.15) is 22.7 Å². The number of methoxy groups -OCH3 is 4. The van der Waals surface area contributed by atoms with Crippen molar-refractivity contribution in [3.63, 3.8) is 0 Å². The second-order valence-corrected chi connectivity index (χ2v) is 33.7. The highest BCUT2D eigenvalue weighted by molar-refractivity contribution is 7.87. The first-order chi connectivity index (χ1) is 48.7. The van der Waals surface area contributed by atoms with E-state index in [-0.39, 0.29) is 48.9 Å². The minimum atomic E-state index is -4.15. The first-order valence-electron chi connectivity index (χ1n) is 35.7. The predicted octanol–water partition coefficient (Wildman–Crippen LogP) is 13.0. The zero-order valence-corrected chi connectivity index (χ0v) is 63.1. The summed E-state index contributed by atoms with van der Waals surface area (Å²) >= 11 is 0. The zero-order chi connectivity index (χ0) is 74.7. The lowest BCUT2D eigenvalue weighted by Crippen LogP contribution is -2.42. The molecule has 3 amide bonds. The molecule has 568 valence electrons. The number of aromatic carboxylic acids is 1. The van der Waals surface area contributed by atoms with Gasteiger partial charge in [0.15, 0.2) is 0 Å². The highest BCUT2D eigenvalue weighted by atomic mass is 32.2. The van der Waals surface area contributed by atoms with Gasteiger partial charge in [0, 0.05) is 104 Å². The number of nitrogens with zero attached hydrogens (tertiary/aromatic N) is 4. The first kappa shape index (κ1) is 79.9. The van der Waals surface area contributed by atoms with Gasteiger partial charge in [-0.25, -0.2) is 24.2 Å². The Morgan fingerprint density at radius 2 is 0.971 bits per heavy atom. The number of ether oxygens (including phenoxy) is 6. The minimum Gasteiger partial charge on any atom is -0.497 e. The van der Waals surface area contributed by atoms with Crippen molar-refractivity contribution < 1.29 is 79.1 Å². The van der Waals surface area contributed by atoms with Crippen molar-refractivity contribution in [2.24, 2.45) is 16.0 Å². The van der Waals surface area contributed by atoms with E-state index in [4.69, 9.17) is 33.6 Å². The summed E-state index contributed by atoms with van der Waals surface area (Å²) in [5.74, 6) is 0.107. The molecule has 0 radical (unpaired) electrons. The number of amides is 3. The van der Waals surface area contributed by atoms with Crippen LogP contribution in [0, 0.1) is 10.8 Å². The van der Waals surface area contributed by atoms with Crippen molar-refractivity contribution in [3.8, 4) is 34.0 Å². The summed E-state index contributed by atoms with van der Waals surface area (Å²) in [5.41, 5.74) is 8.71. The minimum absolute atomic E-state index is 0. The molecule has 6 N–H and O–H groups in total. The Morgan fingerprint density at radius 3 is 1.36 bits per heavy atom. The third kappa shape index (κ3) is 17.5. The van der Waals surface area contributed by atoms with E-state index in [1.807, 2.05) is 30.3 Å². The molecule has 27 heteroatoms. The number of benzene rings is 4. The molecule has 104 heavy (non-hydrogen) atoms. The molecule has 0 bridgehead atoms. The molecule has 4 aliphatic carbocycles. The zero-order valence-electron chi connectivity index (χ0n) is 61.5. The van der Waals surface area contributed by atoms with E-state index in [1.165, 1.54) is 65.1 Å². The van der Waals surface area contributed by atoms with Crippen LogP contribution in [-0.2, 0) is 62.0 Å². The number of nitrogens with two attached hydrogens (primary N) is 1. The molecule has 6 aromatic rings. The molecule has 12 rings (SSSR count). The van der Waals surface area contributed by atoms with Gasteiger partial charge in [0.25, 0.3) is 16.1 Å². The van der Waals surface area contributed by atoms with Crippen LogP contribution < -0.4 is 30.0 Å². The van der Waals surface area contributed by atoms with Crippen LogP contribution in [0.25, 0.3) is 44.3 Å². The average molecular weight is 1480 g/mol. The maximum Gasteiger partial charge on any atom is 0.407 e. The molecular weight excluding hydrogens is 1370 g/mol. The Labute approximate surface area is 611 Å². The van der Waals surface area contributed by atoms with Crippen LogP contribution in [0.3, 0.4) is 0 Å². The number of hydrogen-bond donors (Lipinski definition) is 5. The van der Waals surface area contributed by atoms with Gasteiger partial charge in [-0.3, -0.25) is 14.4 Å². The summed E-state index contributed by atoms with van der Waals surface area (Å²) in [6.07, 6.45) is 14.1. The number of carbonyl (C=O) groups is 6. The molecule has 25 nitrogen and oxygen atoms in total. The van der Waals surface area contributed by atoms with E-state index in [1.54, 1.807) is 80.0 Å². The van der Waals surface area contributed by atoms with E-state index >= 15 is 0 Å². The summed E-state index contributed by atoms with van der Waals surface area (Å²) in [4.78, 5) is 75.2. The molecule has 6 aliphatic rings. The lowest BCUT2D eigenvalue weighted by Gasteiger charge is -2.24. The first-order valence-corrected chi connectivity index (χ1v) is 38.7. The van der Waals surface area contributed by atoms with Gasteiger partial charge in [0.2, 0.25) is 0 Å². The topological polar surface area (TPSA) is 325 Å². The Kier molecular flexibility index (Phi) is 24.8. The van der Waals surface area contributed by atoms with Crippen LogP contribution >= 0.6 is 0 Å². The van der Waals surface area contributed by atoms with E-state index in [9.17, 15) is 50.7 Å². The number of aromatic nitrogens is 2. The SMILES string of the molecule is C.CN(CCCCNC(=O)OC(C)(C)C)S(N)(=O)=O.COC(=O)C12CC1c1cc(OC)ccc1-c1c(C3CCCCC3)c3ccc(C(=O)NS(=O)(=O)N(C)CCCCNC(=O)OC(C)(C)C)cc3n1C2.COC(=O)C12CC1c1cc(OC)ccc1-c1c(C3CCCCC3)c3ccc(C(=O)O)cc3n1C2. The molecule has 0 spiro atoms. The number of unbranched alkanes of at least 4 members (excludes halogenated alkanes) is 2. The fourth-order valence-corrected chi connectivity index (χ4v) is 16.9. The summed E-state index contributed by atoms with van der Waals surface area (Å²) in [6.45, 7) is 12.8. The Balaban J connectivity index is 0.000000203. The second-order valence-electron chi connectivity index (χ2n) is 30.2. The summed E-state index contributed by atoms with van der Waals surface area (Å²) < 4.78 is 89.1. The number of carbonyl (C=O) groups excluding carboxylic acids is 5. The fraction of sp³-hybridized carbons (Fsp3) is 0.558.